The second-order valence-corrected chi connectivity index (χ2v) is 9.37. The van der Waals surface area contributed by atoms with Gasteiger partial charge in [0.2, 0.25) is 11.8 Å². The molecule has 0 aliphatic heterocycles. The minimum Gasteiger partial charge on any atom is -0.352 e. The molecule has 32 heavy (non-hydrogen) atoms. The Morgan fingerprint density at radius 1 is 0.969 bits per heavy atom. The van der Waals surface area contributed by atoms with Gasteiger partial charge in [0.15, 0.2) is 0 Å². The lowest BCUT2D eigenvalue weighted by atomic mass is 9.95. The highest BCUT2D eigenvalue weighted by Crippen LogP contribution is 2.20. The summed E-state index contributed by atoms with van der Waals surface area (Å²) in [5.74, 6) is -0.0131. The molecule has 0 bridgehead atoms. The third-order valence-corrected chi connectivity index (χ3v) is 6.70. The summed E-state index contributed by atoms with van der Waals surface area (Å²) < 4.78 is 0. The standard InChI is InChI=1S/C28H38N2O2/c1-5-26(28(32)29-25-12-7-6-8-13-25)30(19-24-11-9-10-20(2)16-24)27(31)18-23-15-14-21(3)22(4)17-23/h9-11,14-17,25-26H,5-8,12-13,18-19H2,1-4H3,(H,29,32)/t26-/m1/s1. The fourth-order valence-electron chi connectivity index (χ4n) is 4.66. The summed E-state index contributed by atoms with van der Waals surface area (Å²) >= 11 is 0. The molecule has 4 nitrogen and oxygen atoms in total. The fraction of sp³-hybridized carbons (Fsp3) is 0.500. The number of carbonyl (C=O) groups is 2. The van der Waals surface area contributed by atoms with Gasteiger partial charge in [-0.2, -0.15) is 0 Å². The van der Waals surface area contributed by atoms with Crippen LogP contribution in [0.5, 0.6) is 0 Å². The monoisotopic (exact) mass is 434 g/mol. The van der Waals surface area contributed by atoms with Crippen molar-refractivity contribution >= 4 is 11.8 Å². The topological polar surface area (TPSA) is 49.4 Å². The number of nitrogens with zero attached hydrogens (tertiary/aromatic N) is 1. The molecule has 2 aromatic rings. The Morgan fingerprint density at radius 2 is 1.72 bits per heavy atom. The van der Waals surface area contributed by atoms with Crippen molar-refractivity contribution in [3.63, 3.8) is 0 Å². The van der Waals surface area contributed by atoms with Gasteiger partial charge in [-0.1, -0.05) is 74.2 Å². The van der Waals surface area contributed by atoms with Crippen LogP contribution in [0.4, 0.5) is 0 Å². The van der Waals surface area contributed by atoms with Crippen molar-refractivity contribution in [2.45, 2.75) is 91.3 Å². The van der Waals surface area contributed by atoms with E-state index in [1.54, 1.807) is 4.90 Å². The zero-order valence-corrected chi connectivity index (χ0v) is 20.1. The normalized spacial score (nSPS) is 15.2. The summed E-state index contributed by atoms with van der Waals surface area (Å²) in [5, 5.41) is 3.25. The first kappa shape index (κ1) is 24.0. The number of nitrogens with one attached hydrogen (secondary N) is 1. The summed E-state index contributed by atoms with van der Waals surface area (Å²) in [5.41, 5.74) is 5.61. The minimum absolute atomic E-state index is 0.000373. The van der Waals surface area contributed by atoms with Gasteiger partial charge in [0, 0.05) is 12.6 Å². The van der Waals surface area contributed by atoms with Crippen molar-refractivity contribution in [3.8, 4) is 0 Å². The molecule has 3 rings (SSSR count). The number of amides is 2. The minimum atomic E-state index is -0.462. The molecule has 1 aliphatic carbocycles. The molecule has 172 valence electrons. The second-order valence-electron chi connectivity index (χ2n) is 9.37. The number of carbonyl (C=O) groups excluding carboxylic acids is 2. The third kappa shape index (κ3) is 6.44. The summed E-state index contributed by atoms with van der Waals surface area (Å²) in [6.45, 7) is 8.64. The predicted octanol–water partition coefficient (Wildman–Crippen LogP) is 5.41. The Labute approximate surface area is 193 Å². The average molecular weight is 435 g/mol. The smallest absolute Gasteiger partial charge is 0.243 e. The summed E-state index contributed by atoms with van der Waals surface area (Å²) in [6, 6.07) is 14.2. The number of rotatable bonds is 8. The van der Waals surface area contributed by atoms with E-state index in [2.05, 4.69) is 50.4 Å². The summed E-state index contributed by atoms with van der Waals surface area (Å²) in [6.07, 6.45) is 6.56. The molecule has 1 aliphatic rings. The SMILES string of the molecule is CC[C@H](C(=O)NC1CCCCC1)N(Cc1cccc(C)c1)C(=O)Cc1ccc(C)c(C)c1. The highest BCUT2D eigenvalue weighted by molar-refractivity contribution is 5.88. The van der Waals surface area contributed by atoms with Gasteiger partial charge >= 0.3 is 0 Å². The van der Waals surface area contributed by atoms with Crippen LogP contribution in [0.2, 0.25) is 0 Å². The van der Waals surface area contributed by atoms with E-state index < -0.39 is 6.04 Å². The van der Waals surface area contributed by atoms with Crippen LogP contribution in [0.3, 0.4) is 0 Å². The van der Waals surface area contributed by atoms with E-state index in [1.165, 1.54) is 30.4 Å². The predicted molar refractivity (Wildman–Crippen MR) is 130 cm³/mol. The van der Waals surface area contributed by atoms with E-state index in [1.807, 2.05) is 25.1 Å². The van der Waals surface area contributed by atoms with E-state index in [9.17, 15) is 9.59 Å². The molecular formula is C28H38N2O2. The highest BCUT2D eigenvalue weighted by atomic mass is 16.2. The second kappa shape index (κ2) is 11.3. The van der Waals surface area contributed by atoms with E-state index in [0.717, 1.165) is 29.5 Å². The van der Waals surface area contributed by atoms with Crippen LogP contribution < -0.4 is 5.32 Å². The lowest BCUT2D eigenvalue weighted by molar-refractivity contribution is -0.141. The molecular weight excluding hydrogens is 396 g/mol. The summed E-state index contributed by atoms with van der Waals surface area (Å²) in [4.78, 5) is 28.6. The fourth-order valence-corrected chi connectivity index (χ4v) is 4.66. The lowest BCUT2D eigenvalue weighted by Crippen LogP contribution is -2.52. The van der Waals surface area contributed by atoms with Gasteiger partial charge in [0.1, 0.15) is 6.04 Å². The zero-order chi connectivity index (χ0) is 23.1. The van der Waals surface area contributed by atoms with Crippen LogP contribution in [0.25, 0.3) is 0 Å². The molecule has 2 amide bonds. The number of hydrogen-bond donors (Lipinski definition) is 1. The van der Waals surface area contributed by atoms with Gasteiger partial charge in [-0.05, 0) is 62.3 Å². The molecule has 1 saturated carbocycles. The maximum Gasteiger partial charge on any atom is 0.243 e. The first-order chi connectivity index (χ1) is 15.4. The molecule has 0 heterocycles. The lowest BCUT2D eigenvalue weighted by Gasteiger charge is -2.33. The van der Waals surface area contributed by atoms with E-state index >= 15 is 0 Å². The van der Waals surface area contributed by atoms with E-state index in [0.29, 0.717) is 19.4 Å². The van der Waals surface area contributed by atoms with Crippen molar-refractivity contribution in [1.82, 2.24) is 10.2 Å². The van der Waals surface area contributed by atoms with Gasteiger partial charge in [0.05, 0.1) is 6.42 Å². The first-order valence-electron chi connectivity index (χ1n) is 12.1. The van der Waals surface area contributed by atoms with Crippen molar-refractivity contribution in [2.75, 3.05) is 0 Å². The molecule has 4 heteroatoms. The van der Waals surface area contributed by atoms with Gasteiger partial charge in [-0.3, -0.25) is 9.59 Å². The highest BCUT2D eigenvalue weighted by Gasteiger charge is 2.30. The van der Waals surface area contributed by atoms with Crippen LogP contribution in [-0.2, 0) is 22.6 Å². The molecule has 0 radical (unpaired) electrons. The Hall–Kier alpha value is -2.62. The van der Waals surface area contributed by atoms with Gasteiger partial charge in [-0.25, -0.2) is 0 Å². The molecule has 0 unspecified atom stereocenters. The molecule has 1 fully saturated rings. The molecule has 0 saturated heterocycles. The van der Waals surface area contributed by atoms with Gasteiger partial charge < -0.3 is 10.2 Å². The number of hydrogen-bond acceptors (Lipinski definition) is 2. The summed E-state index contributed by atoms with van der Waals surface area (Å²) in [7, 11) is 0. The maximum atomic E-state index is 13.5. The van der Waals surface area contributed by atoms with Crippen molar-refractivity contribution in [1.29, 1.82) is 0 Å². The van der Waals surface area contributed by atoms with Crippen LogP contribution in [0.15, 0.2) is 42.5 Å². The third-order valence-electron chi connectivity index (χ3n) is 6.70. The van der Waals surface area contributed by atoms with Crippen LogP contribution in [-0.4, -0.2) is 28.8 Å². The number of aryl methyl sites for hydroxylation is 3. The Kier molecular flexibility index (Phi) is 8.49. The number of benzene rings is 2. The Balaban J connectivity index is 1.82. The van der Waals surface area contributed by atoms with Gasteiger partial charge in [0.25, 0.3) is 0 Å². The van der Waals surface area contributed by atoms with Crippen LogP contribution in [0, 0.1) is 20.8 Å². The van der Waals surface area contributed by atoms with Crippen molar-refractivity contribution < 1.29 is 9.59 Å². The van der Waals surface area contributed by atoms with Crippen LogP contribution in [0.1, 0.15) is 73.3 Å². The molecule has 1 N–H and O–H groups in total. The maximum absolute atomic E-state index is 13.5. The largest absolute Gasteiger partial charge is 0.352 e. The quantitative estimate of drug-likeness (QED) is 0.604. The average Bonchev–Trinajstić information content (AvgIpc) is 2.77. The van der Waals surface area contributed by atoms with Crippen LogP contribution >= 0.6 is 0 Å². The van der Waals surface area contributed by atoms with E-state index in [-0.39, 0.29) is 17.9 Å². The van der Waals surface area contributed by atoms with Crippen molar-refractivity contribution in [2.24, 2.45) is 0 Å². The van der Waals surface area contributed by atoms with Gasteiger partial charge in [-0.15, -0.1) is 0 Å². The Morgan fingerprint density at radius 3 is 2.38 bits per heavy atom. The molecule has 0 aromatic heterocycles. The van der Waals surface area contributed by atoms with Crippen molar-refractivity contribution in [3.05, 3.63) is 70.3 Å². The zero-order valence-electron chi connectivity index (χ0n) is 20.1. The molecule has 1 atom stereocenters. The first-order valence-corrected chi connectivity index (χ1v) is 12.1. The van der Waals surface area contributed by atoms with E-state index in [4.69, 9.17) is 0 Å². The molecule has 0 spiro atoms. The Bertz CT molecular complexity index is 931. The molecule has 2 aromatic carbocycles.